The third kappa shape index (κ3) is 1.32. The summed E-state index contributed by atoms with van der Waals surface area (Å²) in [5.74, 6) is -1.18. The molecule has 0 saturated heterocycles. The van der Waals surface area contributed by atoms with Gasteiger partial charge in [0, 0.05) is 5.56 Å². The van der Waals surface area contributed by atoms with Crippen LogP contribution in [0.15, 0.2) is 6.07 Å². The fourth-order valence-electron chi connectivity index (χ4n) is 1.06. The molecule has 1 aromatic rings. The molecule has 0 heterocycles. The predicted octanol–water partition coefficient (Wildman–Crippen LogP) is 2.07. The fraction of sp³-hybridized carbons (Fsp3) is 0.333. The van der Waals surface area contributed by atoms with Crippen molar-refractivity contribution in [3.63, 3.8) is 0 Å². The van der Waals surface area contributed by atoms with Crippen LogP contribution in [-0.2, 0) is 6.61 Å². The molecule has 0 saturated carbocycles. The first kappa shape index (κ1) is 9.13. The van der Waals surface area contributed by atoms with E-state index in [1.54, 1.807) is 0 Å². The van der Waals surface area contributed by atoms with E-state index in [1.165, 1.54) is 13.8 Å². The Labute approximate surface area is 69.7 Å². The number of aliphatic hydroxyl groups is 1. The van der Waals surface area contributed by atoms with Crippen LogP contribution in [-0.4, -0.2) is 5.11 Å². The quantitative estimate of drug-likeness (QED) is 0.687. The number of hydrogen-bond donors (Lipinski definition) is 1. The maximum atomic E-state index is 13.1. The van der Waals surface area contributed by atoms with Crippen molar-refractivity contribution >= 4 is 0 Å². The van der Waals surface area contributed by atoms with Gasteiger partial charge in [0.15, 0.2) is 0 Å². The molecule has 1 rings (SSSR count). The normalized spacial score (nSPS) is 10.4. The molecule has 1 aromatic carbocycles. The van der Waals surface area contributed by atoms with Gasteiger partial charge in [-0.25, -0.2) is 8.78 Å². The van der Waals surface area contributed by atoms with E-state index in [0.29, 0.717) is 11.1 Å². The Morgan fingerprint density at radius 3 is 2.33 bits per heavy atom. The van der Waals surface area contributed by atoms with Crippen LogP contribution in [0.3, 0.4) is 0 Å². The van der Waals surface area contributed by atoms with E-state index < -0.39 is 11.6 Å². The van der Waals surface area contributed by atoms with Gasteiger partial charge in [0.05, 0.1) is 6.61 Å². The number of benzene rings is 1. The summed E-state index contributed by atoms with van der Waals surface area (Å²) in [4.78, 5) is 0. The first-order valence-electron chi connectivity index (χ1n) is 3.63. The number of rotatable bonds is 1. The first-order valence-corrected chi connectivity index (χ1v) is 3.63. The van der Waals surface area contributed by atoms with Crippen molar-refractivity contribution in [1.29, 1.82) is 0 Å². The Morgan fingerprint density at radius 1 is 1.25 bits per heavy atom. The van der Waals surface area contributed by atoms with Gasteiger partial charge in [0.25, 0.3) is 0 Å². The zero-order valence-electron chi connectivity index (χ0n) is 6.99. The molecule has 0 aliphatic rings. The summed E-state index contributed by atoms with van der Waals surface area (Å²) < 4.78 is 25.9. The zero-order chi connectivity index (χ0) is 9.30. The largest absolute Gasteiger partial charge is 0.392 e. The van der Waals surface area contributed by atoms with Gasteiger partial charge in [-0.2, -0.15) is 0 Å². The summed E-state index contributed by atoms with van der Waals surface area (Å²) in [6.45, 7) is 2.56. The highest BCUT2D eigenvalue weighted by molar-refractivity contribution is 5.32. The molecule has 0 atom stereocenters. The molecule has 3 heteroatoms. The summed E-state index contributed by atoms with van der Waals surface area (Å²) in [5.41, 5.74) is 0.622. The topological polar surface area (TPSA) is 20.2 Å². The highest BCUT2D eigenvalue weighted by atomic mass is 19.1. The number of halogens is 2. The van der Waals surface area contributed by atoms with E-state index in [9.17, 15) is 8.78 Å². The standard InChI is InChI=1S/C9H10F2O/c1-5-7(4-12)3-8(10)6(2)9(5)11/h3,12H,4H2,1-2H3. The number of hydrogen-bond acceptors (Lipinski definition) is 1. The van der Waals surface area contributed by atoms with E-state index in [2.05, 4.69) is 0 Å². The highest BCUT2D eigenvalue weighted by Crippen LogP contribution is 2.19. The summed E-state index contributed by atoms with van der Waals surface area (Å²) in [6.07, 6.45) is 0. The van der Waals surface area contributed by atoms with Crippen LogP contribution in [0.2, 0.25) is 0 Å². The van der Waals surface area contributed by atoms with E-state index in [4.69, 9.17) is 5.11 Å². The second-order valence-corrected chi connectivity index (χ2v) is 2.74. The Balaban J connectivity index is 3.39. The van der Waals surface area contributed by atoms with Gasteiger partial charge in [-0.3, -0.25) is 0 Å². The van der Waals surface area contributed by atoms with Gasteiger partial charge in [0.1, 0.15) is 11.6 Å². The van der Waals surface area contributed by atoms with E-state index in [0.717, 1.165) is 6.07 Å². The third-order valence-electron chi connectivity index (χ3n) is 1.97. The summed E-state index contributed by atoms with van der Waals surface area (Å²) >= 11 is 0. The highest BCUT2D eigenvalue weighted by Gasteiger charge is 2.10. The van der Waals surface area contributed by atoms with Crippen molar-refractivity contribution in [1.82, 2.24) is 0 Å². The van der Waals surface area contributed by atoms with Gasteiger partial charge in [-0.1, -0.05) is 0 Å². The van der Waals surface area contributed by atoms with Gasteiger partial charge in [0.2, 0.25) is 0 Å². The minimum atomic E-state index is -0.609. The fourth-order valence-corrected chi connectivity index (χ4v) is 1.06. The SMILES string of the molecule is Cc1c(F)cc(CO)c(C)c1F. The van der Waals surface area contributed by atoms with Crippen LogP contribution in [0.4, 0.5) is 8.78 Å². The monoisotopic (exact) mass is 172 g/mol. The molecule has 12 heavy (non-hydrogen) atoms. The van der Waals surface area contributed by atoms with Crippen LogP contribution in [0, 0.1) is 25.5 Å². The molecule has 0 fully saturated rings. The second kappa shape index (κ2) is 3.19. The summed E-state index contributed by atoms with van der Waals surface area (Å²) in [5, 5.41) is 8.72. The second-order valence-electron chi connectivity index (χ2n) is 2.74. The molecule has 0 aliphatic carbocycles. The minimum Gasteiger partial charge on any atom is -0.392 e. The smallest absolute Gasteiger partial charge is 0.132 e. The molecule has 0 bridgehead atoms. The Kier molecular flexibility index (Phi) is 2.43. The molecule has 1 nitrogen and oxygen atoms in total. The minimum absolute atomic E-state index is 0.00435. The molecule has 0 spiro atoms. The Bertz CT molecular complexity index is 308. The van der Waals surface area contributed by atoms with Crippen molar-refractivity contribution in [2.45, 2.75) is 20.5 Å². The lowest BCUT2D eigenvalue weighted by atomic mass is 10.0. The average Bonchev–Trinajstić information content (AvgIpc) is 2.08. The van der Waals surface area contributed by atoms with Gasteiger partial charge < -0.3 is 5.11 Å². The molecule has 0 amide bonds. The summed E-state index contributed by atoms with van der Waals surface area (Å²) in [6, 6.07) is 1.16. The van der Waals surface area contributed by atoms with Gasteiger partial charge >= 0.3 is 0 Å². The summed E-state index contributed by atoms with van der Waals surface area (Å²) in [7, 11) is 0. The first-order chi connectivity index (χ1) is 5.57. The van der Waals surface area contributed by atoms with Crippen LogP contribution >= 0.6 is 0 Å². The van der Waals surface area contributed by atoms with E-state index in [-0.39, 0.29) is 12.2 Å². The predicted molar refractivity (Wildman–Crippen MR) is 41.8 cm³/mol. The molecule has 1 N–H and O–H groups in total. The van der Waals surface area contributed by atoms with E-state index >= 15 is 0 Å². The van der Waals surface area contributed by atoms with Crippen molar-refractivity contribution < 1.29 is 13.9 Å². The lowest BCUT2D eigenvalue weighted by Crippen LogP contribution is -1.98. The van der Waals surface area contributed by atoms with E-state index in [1.807, 2.05) is 0 Å². The lowest BCUT2D eigenvalue weighted by molar-refractivity contribution is 0.279. The van der Waals surface area contributed by atoms with Crippen LogP contribution < -0.4 is 0 Å². The zero-order valence-corrected chi connectivity index (χ0v) is 6.99. The molecule has 0 aromatic heterocycles. The third-order valence-corrected chi connectivity index (χ3v) is 1.97. The van der Waals surface area contributed by atoms with Crippen LogP contribution in [0.1, 0.15) is 16.7 Å². The molecule has 66 valence electrons. The maximum absolute atomic E-state index is 13.1. The molecule has 0 unspecified atom stereocenters. The molecular formula is C9H10F2O. The molecular weight excluding hydrogens is 162 g/mol. The lowest BCUT2D eigenvalue weighted by Gasteiger charge is -2.06. The van der Waals surface area contributed by atoms with Gasteiger partial charge in [-0.05, 0) is 31.0 Å². The Hall–Kier alpha value is -0.960. The average molecular weight is 172 g/mol. The van der Waals surface area contributed by atoms with Crippen molar-refractivity contribution in [3.05, 3.63) is 34.4 Å². The number of aliphatic hydroxyl groups excluding tert-OH is 1. The maximum Gasteiger partial charge on any atom is 0.132 e. The molecule has 0 aliphatic heterocycles. The van der Waals surface area contributed by atoms with Crippen molar-refractivity contribution in [2.75, 3.05) is 0 Å². The molecule has 0 radical (unpaired) electrons. The van der Waals surface area contributed by atoms with Gasteiger partial charge in [-0.15, -0.1) is 0 Å². The van der Waals surface area contributed by atoms with Crippen molar-refractivity contribution in [3.8, 4) is 0 Å². The van der Waals surface area contributed by atoms with Crippen LogP contribution in [0.25, 0.3) is 0 Å². The van der Waals surface area contributed by atoms with Crippen molar-refractivity contribution in [2.24, 2.45) is 0 Å². The Morgan fingerprint density at radius 2 is 1.83 bits per heavy atom. The van der Waals surface area contributed by atoms with Crippen LogP contribution in [0.5, 0.6) is 0 Å².